The summed E-state index contributed by atoms with van der Waals surface area (Å²) in [6, 6.07) is 4.87. The highest BCUT2D eigenvalue weighted by Gasteiger charge is 2.40. The Labute approximate surface area is 203 Å². The van der Waals surface area contributed by atoms with E-state index < -0.39 is 21.7 Å². The van der Waals surface area contributed by atoms with E-state index in [0.29, 0.717) is 29.3 Å². The molecule has 35 heavy (non-hydrogen) atoms. The molecular weight excluding hydrogens is 472 g/mol. The van der Waals surface area contributed by atoms with Gasteiger partial charge in [0, 0.05) is 35.7 Å². The van der Waals surface area contributed by atoms with Gasteiger partial charge in [0.05, 0.1) is 16.9 Å². The summed E-state index contributed by atoms with van der Waals surface area (Å²) in [5.41, 5.74) is 0.238. The van der Waals surface area contributed by atoms with Crippen LogP contribution in [0.4, 0.5) is 4.79 Å². The molecule has 1 saturated heterocycles. The van der Waals surface area contributed by atoms with E-state index >= 15 is 0 Å². The molecule has 0 unspecified atom stereocenters. The van der Waals surface area contributed by atoms with Crippen LogP contribution in [-0.2, 0) is 14.8 Å². The SMILES string of the molecule is CCCOC(=O)Oc1c[nH]c2c(=O)[nH]c3ccc(S(=O)(=O)N(C[C@@H]4CCCN4C)C4CC4)cc3c12. The Morgan fingerprint density at radius 1 is 1.26 bits per heavy atom. The van der Waals surface area contributed by atoms with Gasteiger partial charge < -0.3 is 24.3 Å². The van der Waals surface area contributed by atoms with Crippen molar-refractivity contribution in [3.63, 3.8) is 0 Å². The maximum Gasteiger partial charge on any atom is 0.513 e. The lowest BCUT2D eigenvalue weighted by Crippen LogP contribution is -2.42. The summed E-state index contributed by atoms with van der Waals surface area (Å²) in [6.07, 6.45) is 4.92. The standard InChI is InChI=1S/C24H30N4O6S/c1-3-11-33-24(30)34-20-13-25-22-21(20)18-12-17(8-9-19(18)26-23(22)29)35(31,32)28(15-6-7-15)14-16-5-4-10-27(16)2/h8-9,12-13,15-16,25H,3-7,10-11,14H2,1-2H3,(H,26,29)/t16-/m0/s1. The van der Waals surface area contributed by atoms with Gasteiger partial charge in [-0.3, -0.25) is 4.79 Å². The lowest BCUT2D eigenvalue weighted by Gasteiger charge is -2.28. The average molecular weight is 503 g/mol. The van der Waals surface area contributed by atoms with Crippen molar-refractivity contribution in [3.8, 4) is 5.75 Å². The minimum Gasteiger partial charge on any atom is -0.434 e. The largest absolute Gasteiger partial charge is 0.513 e. The summed E-state index contributed by atoms with van der Waals surface area (Å²) in [5, 5.41) is 0.802. The van der Waals surface area contributed by atoms with Crippen LogP contribution in [0, 0.1) is 0 Å². The fourth-order valence-corrected chi connectivity index (χ4v) is 6.53. The third-order valence-electron chi connectivity index (χ3n) is 6.82. The fourth-order valence-electron chi connectivity index (χ4n) is 4.78. The number of pyridine rings is 1. The molecule has 1 atom stereocenters. The highest BCUT2D eigenvalue weighted by atomic mass is 32.2. The summed E-state index contributed by atoms with van der Waals surface area (Å²) in [6.45, 7) is 3.51. The van der Waals surface area contributed by atoms with E-state index in [2.05, 4.69) is 14.9 Å². The highest BCUT2D eigenvalue weighted by molar-refractivity contribution is 7.89. The van der Waals surface area contributed by atoms with Crippen molar-refractivity contribution in [2.45, 2.75) is 56.0 Å². The van der Waals surface area contributed by atoms with Gasteiger partial charge in [0.2, 0.25) is 10.0 Å². The molecule has 0 radical (unpaired) electrons. The topological polar surface area (TPSA) is 125 Å². The molecular formula is C24H30N4O6S. The summed E-state index contributed by atoms with van der Waals surface area (Å²) < 4.78 is 39.6. The monoisotopic (exact) mass is 502 g/mol. The first kappa shape index (κ1) is 23.8. The molecule has 2 aliphatic rings. The van der Waals surface area contributed by atoms with Crippen LogP contribution < -0.4 is 10.3 Å². The Morgan fingerprint density at radius 2 is 2.06 bits per heavy atom. The second-order valence-electron chi connectivity index (χ2n) is 9.35. The number of H-pyrrole nitrogens is 2. The molecule has 11 heteroatoms. The Kier molecular flexibility index (Phi) is 6.32. The van der Waals surface area contributed by atoms with Crippen molar-refractivity contribution in [1.29, 1.82) is 0 Å². The number of aromatic nitrogens is 2. The maximum absolute atomic E-state index is 13.8. The summed E-state index contributed by atoms with van der Waals surface area (Å²) in [7, 11) is -1.74. The smallest absolute Gasteiger partial charge is 0.434 e. The minimum atomic E-state index is -3.78. The Bertz CT molecular complexity index is 1430. The minimum absolute atomic E-state index is 0.0137. The number of hydrogen-bond donors (Lipinski definition) is 2. The number of sulfonamides is 1. The molecule has 0 bridgehead atoms. The number of hydrogen-bond acceptors (Lipinski definition) is 7. The van der Waals surface area contributed by atoms with E-state index in [4.69, 9.17) is 9.47 Å². The third-order valence-corrected chi connectivity index (χ3v) is 8.73. The Balaban J connectivity index is 1.56. The van der Waals surface area contributed by atoms with E-state index in [0.717, 1.165) is 32.2 Å². The van der Waals surface area contributed by atoms with E-state index in [9.17, 15) is 18.0 Å². The highest BCUT2D eigenvalue weighted by Crippen LogP contribution is 2.36. The molecule has 1 aliphatic heterocycles. The lowest BCUT2D eigenvalue weighted by atomic mass is 10.1. The first-order valence-corrected chi connectivity index (χ1v) is 13.5. The van der Waals surface area contributed by atoms with Crippen LogP contribution in [0.5, 0.6) is 5.75 Å². The number of carbonyl (C=O) groups excluding carboxylic acids is 1. The molecule has 0 spiro atoms. The van der Waals surface area contributed by atoms with Gasteiger partial charge in [0.25, 0.3) is 5.56 Å². The fraction of sp³-hybridized carbons (Fsp3) is 0.500. The van der Waals surface area contributed by atoms with Crippen molar-refractivity contribution < 1.29 is 22.7 Å². The number of benzene rings is 1. The zero-order chi connectivity index (χ0) is 24.7. The number of carbonyl (C=O) groups is 1. The quantitative estimate of drug-likeness (QED) is 0.453. The van der Waals surface area contributed by atoms with Gasteiger partial charge in [-0.1, -0.05) is 6.92 Å². The van der Waals surface area contributed by atoms with Crippen molar-refractivity contribution in [1.82, 2.24) is 19.2 Å². The van der Waals surface area contributed by atoms with Gasteiger partial charge in [0.1, 0.15) is 5.52 Å². The Hall–Kier alpha value is -2.89. The first-order chi connectivity index (χ1) is 16.8. The Morgan fingerprint density at radius 3 is 2.74 bits per heavy atom. The second kappa shape index (κ2) is 9.29. The van der Waals surface area contributed by atoms with Crippen LogP contribution in [-0.4, -0.2) is 72.6 Å². The van der Waals surface area contributed by atoms with E-state index in [1.807, 2.05) is 14.0 Å². The molecule has 5 rings (SSSR count). The predicted molar refractivity (Wildman–Crippen MR) is 131 cm³/mol. The van der Waals surface area contributed by atoms with Crippen molar-refractivity contribution in [3.05, 3.63) is 34.7 Å². The first-order valence-electron chi connectivity index (χ1n) is 12.0. The average Bonchev–Trinajstić information content (AvgIpc) is 3.45. The number of likely N-dealkylation sites (tertiary alicyclic amines) is 1. The molecule has 188 valence electrons. The normalized spacial score (nSPS) is 19.1. The van der Waals surface area contributed by atoms with Gasteiger partial charge in [0.15, 0.2) is 5.75 Å². The van der Waals surface area contributed by atoms with Crippen molar-refractivity contribution >= 4 is 38.0 Å². The summed E-state index contributed by atoms with van der Waals surface area (Å²) in [4.78, 5) is 32.6. The number of fused-ring (bicyclic) bond motifs is 3. The molecule has 10 nitrogen and oxygen atoms in total. The van der Waals surface area contributed by atoms with Crippen molar-refractivity contribution in [2.75, 3.05) is 26.7 Å². The lowest BCUT2D eigenvalue weighted by molar-refractivity contribution is 0.0997. The molecule has 1 saturated carbocycles. The molecule has 0 amide bonds. The summed E-state index contributed by atoms with van der Waals surface area (Å²) in [5.74, 6) is 0.110. The summed E-state index contributed by atoms with van der Waals surface area (Å²) >= 11 is 0. The van der Waals surface area contributed by atoms with E-state index in [-0.39, 0.29) is 34.9 Å². The third kappa shape index (κ3) is 4.55. The number of rotatable bonds is 8. The molecule has 2 aromatic heterocycles. The molecule has 2 fully saturated rings. The molecule has 1 aliphatic carbocycles. The number of nitrogens with one attached hydrogen (secondary N) is 2. The molecule has 2 N–H and O–H groups in total. The molecule has 1 aromatic carbocycles. The van der Waals surface area contributed by atoms with Crippen LogP contribution in [0.2, 0.25) is 0 Å². The molecule has 3 aromatic rings. The second-order valence-corrected chi connectivity index (χ2v) is 11.2. The van der Waals surface area contributed by atoms with Gasteiger partial charge in [-0.05, 0) is 63.9 Å². The number of ether oxygens (including phenoxy) is 2. The van der Waals surface area contributed by atoms with Gasteiger partial charge in [-0.2, -0.15) is 4.31 Å². The van der Waals surface area contributed by atoms with E-state index in [1.54, 1.807) is 16.4 Å². The van der Waals surface area contributed by atoms with Gasteiger partial charge >= 0.3 is 6.16 Å². The van der Waals surface area contributed by atoms with Gasteiger partial charge in [-0.25, -0.2) is 13.2 Å². The van der Waals surface area contributed by atoms with Crippen LogP contribution >= 0.6 is 0 Å². The number of aromatic amines is 2. The van der Waals surface area contributed by atoms with Gasteiger partial charge in [-0.15, -0.1) is 0 Å². The van der Waals surface area contributed by atoms with Crippen LogP contribution in [0.3, 0.4) is 0 Å². The van der Waals surface area contributed by atoms with Crippen LogP contribution in [0.15, 0.2) is 34.1 Å². The number of likely N-dealkylation sites (N-methyl/N-ethyl adjacent to an activating group) is 1. The van der Waals surface area contributed by atoms with E-state index in [1.165, 1.54) is 12.3 Å². The predicted octanol–water partition coefficient (Wildman–Crippen LogP) is 3.18. The van der Waals surface area contributed by atoms with Crippen LogP contribution in [0.1, 0.15) is 39.0 Å². The number of nitrogens with zero attached hydrogens (tertiary/aromatic N) is 2. The van der Waals surface area contributed by atoms with Crippen molar-refractivity contribution in [2.24, 2.45) is 0 Å². The zero-order valence-corrected chi connectivity index (χ0v) is 20.7. The maximum atomic E-state index is 13.8. The molecule has 3 heterocycles. The van der Waals surface area contributed by atoms with Crippen LogP contribution in [0.25, 0.3) is 21.8 Å². The zero-order valence-electron chi connectivity index (χ0n) is 19.9.